The summed E-state index contributed by atoms with van der Waals surface area (Å²) in [5, 5.41) is -0.262. The molecule has 3 aromatic rings. The molecule has 0 N–H and O–H groups in total. The second-order valence-electron chi connectivity index (χ2n) is 7.55. The van der Waals surface area contributed by atoms with Crippen molar-refractivity contribution in [3.8, 4) is 0 Å². The molecular weight excluding hydrogens is 456 g/mol. The maximum Gasteiger partial charge on any atom is 0.141 e. The van der Waals surface area contributed by atoms with Crippen molar-refractivity contribution in [3.63, 3.8) is 0 Å². The van der Waals surface area contributed by atoms with Crippen LogP contribution in [-0.4, -0.2) is 29.9 Å². The predicted octanol–water partition coefficient (Wildman–Crippen LogP) is 5.49. The molecule has 5 heteroatoms. The molecule has 1 aliphatic rings. The molecule has 0 unspecified atom stereocenters. The minimum absolute atomic E-state index is 0.224. The van der Waals surface area contributed by atoms with Gasteiger partial charge >= 0.3 is 0 Å². The Balaban J connectivity index is 1.39. The molecule has 0 spiro atoms. The summed E-state index contributed by atoms with van der Waals surface area (Å²) in [7, 11) is 0. The van der Waals surface area contributed by atoms with Gasteiger partial charge in [-0.2, -0.15) is 0 Å². The topological polar surface area (TPSA) is 36.9 Å². The summed E-state index contributed by atoms with van der Waals surface area (Å²) in [6.07, 6.45) is -0.712. The zero-order valence-corrected chi connectivity index (χ0v) is 18.9. The Morgan fingerprint density at radius 3 is 1.58 bits per heavy atom. The molecule has 4 nitrogen and oxygen atoms in total. The van der Waals surface area contributed by atoms with Crippen molar-refractivity contribution in [2.75, 3.05) is 6.61 Å². The zero-order chi connectivity index (χ0) is 21.3. The highest BCUT2D eigenvalue weighted by molar-refractivity contribution is 9.09. The lowest BCUT2D eigenvalue weighted by Gasteiger charge is -2.24. The van der Waals surface area contributed by atoms with E-state index in [9.17, 15) is 0 Å². The normalized spacial score (nSPS) is 23.1. The highest BCUT2D eigenvalue weighted by Crippen LogP contribution is 2.32. The highest BCUT2D eigenvalue weighted by Gasteiger charge is 2.45. The summed E-state index contributed by atoms with van der Waals surface area (Å²) in [5.41, 5.74) is 3.37. The lowest BCUT2D eigenvalue weighted by atomic mass is 10.1. The first-order valence-corrected chi connectivity index (χ1v) is 11.4. The van der Waals surface area contributed by atoms with E-state index in [2.05, 4.69) is 52.3 Å². The first kappa shape index (κ1) is 22.2. The number of benzene rings is 3. The van der Waals surface area contributed by atoms with Crippen LogP contribution in [0.1, 0.15) is 16.7 Å². The molecule has 1 saturated heterocycles. The van der Waals surface area contributed by atoms with Gasteiger partial charge in [-0.25, -0.2) is 0 Å². The van der Waals surface area contributed by atoms with Crippen LogP contribution < -0.4 is 0 Å². The van der Waals surface area contributed by atoms with Crippen LogP contribution in [0.4, 0.5) is 0 Å². The Kier molecular flexibility index (Phi) is 8.27. The SMILES string of the molecule is Br[C@H]1O[C@H](COCc2ccccc2)[C@H](OCc2ccccc2)[C@H]1OCc1ccccc1. The Labute approximate surface area is 192 Å². The molecule has 0 radical (unpaired) electrons. The molecule has 0 aromatic heterocycles. The number of rotatable bonds is 10. The van der Waals surface area contributed by atoms with Crippen LogP contribution in [0.3, 0.4) is 0 Å². The lowest BCUT2D eigenvalue weighted by Crippen LogP contribution is -2.38. The molecule has 1 fully saturated rings. The van der Waals surface area contributed by atoms with Crippen molar-refractivity contribution in [3.05, 3.63) is 108 Å². The molecule has 1 aliphatic heterocycles. The molecule has 0 bridgehead atoms. The van der Waals surface area contributed by atoms with Crippen LogP contribution in [0.5, 0.6) is 0 Å². The number of alkyl halides is 1. The summed E-state index contributed by atoms with van der Waals surface area (Å²) in [4.78, 5) is 0. The second kappa shape index (κ2) is 11.6. The van der Waals surface area contributed by atoms with Gasteiger partial charge in [0, 0.05) is 0 Å². The van der Waals surface area contributed by atoms with Gasteiger partial charge in [-0.1, -0.05) is 107 Å². The van der Waals surface area contributed by atoms with Gasteiger partial charge in [0.25, 0.3) is 0 Å². The van der Waals surface area contributed by atoms with Crippen LogP contribution in [0.25, 0.3) is 0 Å². The summed E-state index contributed by atoms with van der Waals surface area (Å²) >= 11 is 3.64. The Hall–Kier alpha value is -2.02. The van der Waals surface area contributed by atoms with Gasteiger partial charge in [0.2, 0.25) is 0 Å². The third-order valence-electron chi connectivity index (χ3n) is 5.22. The fourth-order valence-corrected chi connectivity index (χ4v) is 4.32. The minimum atomic E-state index is -0.262. The van der Waals surface area contributed by atoms with Gasteiger partial charge in [0.05, 0.1) is 26.4 Å². The molecule has 0 amide bonds. The molecule has 1 heterocycles. The molecule has 3 aromatic carbocycles. The van der Waals surface area contributed by atoms with Crippen molar-refractivity contribution in [2.24, 2.45) is 0 Å². The van der Waals surface area contributed by atoms with Gasteiger partial charge in [0.1, 0.15) is 23.3 Å². The van der Waals surface area contributed by atoms with Crippen molar-refractivity contribution >= 4 is 15.9 Å². The number of halogens is 1. The van der Waals surface area contributed by atoms with E-state index in [1.54, 1.807) is 0 Å². The van der Waals surface area contributed by atoms with Crippen LogP contribution in [0, 0.1) is 0 Å². The third kappa shape index (κ3) is 6.48. The Bertz CT molecular complexity index is 891. The lowest BCUT2D eigenvalue weighted by molar-refractivity contribution is -0.0895. The standard InChI is InChI=1S/C26H27BrO4/c27-26-25(30-18-22-14-8-3-9-15-22)24(29-17-21-12-6-2-7-13-21)23(31-26)19-28-16-20-10-4-1-5-11-20/h1-15,23-26H,16-19H2/t23-,24+,25-,26+/m1/s1. The van der Waals surface area contributed by atoms with Gasteiger partial charge in [0.15, 0.2) is 0 Å². The predicted molar refractivity (Wildman–Crippen MR) is 124 cm³/mol. The van der Waals surface area contributed by atoms with Crippen molar-refractivity contribution in [1.82, 2.24) is 0 Å². The smallest absolute Gasteiger partial charge is 0.141 e. The van der Waals surface area contributed by atoms with E-state index in [1.807, 2.05) is 54.6 Å². The van der Waals surface area contributed by atoms with E-state index in [0.29, 0.717) is 26.4 Å². The maximum absolute atomic E-state index is 6.32. The van der Waals surface area contributed by atoms with E-state index in [4.69, 9.17) is 18.9 Å². The van der Waals surface area contributed by atoms with Gasteiger partial charge in [-0.15, -0.1) is 0 Å². The third-order valence-corrected chi connectivity index (χ3v) is 5.95. The van der Waals surface area contributed by atoms with Crippen LogP contribution in [-0.2, 0) is 38.8 Å². The summed E-state index contributed by atoms with van der Waals surface area (Å²) in [6.45, 7) is 1.96. The maximum atomic E-state index is 6.32. The Morgan fingerprint density at radius 1 is 0.613 bits per heavy atom. The minimum Gasteiger partial charge on any atom is -0.374 e. The summed E-state index contributed by atoms with van der Waals surface area (Å²) in [6, 6.07) is 30.4. The van der Waals surface area contributed by atoms with Crippen LogP contribution >= 0.6 is 15.9 Å². The van der Waals surface area contributed by atoms with E-state index in [1.165, 1.54) is 0 Å². The van der Waals surface area contributed by atoms with Gasteiger partial charge in [-0.3, -0.25) is 0 Å². The highest BCUT2D eigenvalue weighted by atomic mass is 79.9. The molecule has 4 rings (SSSR count). The molecule has 162 valence electrons. The summed E-state index contributed by atoms with van der Waals surface area (Å²) < 4.78 is 24.7. The Morgan fingerprint density at radius 2 is 1.06 bits per heavy atom. The van der Waals surface area contributed by atoms with E-state index >= 15 is 0 Å². The average Bonchev–Trinajstić information content (AvgIpc) is 3.12. The van der Waals surface area contributed by atoms with Gasteiger partial charge < -0.3 is 18.9 Å². The molecule has 0 aliphatic carbocycles. The van der Waals surface area contributed by atoms with E-state index in [0.717, 1.165) is 16.7 Å². The van der Waals surface area contributed by atoms with E-state index in [-0.39, 0.29) is 23.3 Å². The fraction of sp³-hybridized carbons (Fsp3) is 0.308. The monoisotopic (exact) mass is 482 g/mol. The first-order chi connectivity index (χ1) is 15.3. The van der Waals surface area contributed by atoms with Gasteiger partial charge in [-0.05, 0) is 16.7 Å². The quantitative estimate of drug-likeness (QED) is 0.357. The fourth-order valence-electron chi connectivity index (χ4n) is 3.59. The van der Waals surface area contributed by atoms with Crippen molar-refractivity contribution in [2.45, 2.75) is 43.1 Å². The molecule has 4 atom stereocenters. The molecular formula is C26H27BrO4. The van der Waals surface area contributed by atoms with Crippen LogP contribution in [0.15, 0.2) is 91.0 Å². The van der Waals surface area contributed by atoms with Crippen molar-refractivity contribution < 1.29 is 18.9 Å². The number of hydrogen-bond acceptors (Lipinski definition) is 4. The molecule has 0 saturated carbocycles. The van der Waals surface area contributed by atoms with Crippen molar-refractivity contribution in [1.29, 1.82) is 0 Å². The zero-order valence-electron chi connectivity index (χ0n) is 17.3. The van der Waals surface area contributed by atoms with Crippen LogP contribution in [0.2, 0.25) is 0 Å². The van der Waals surface area contributed by atoms with E-state index < -0.39 is 0 Å². The molecule has 31 heavy (non-hydrogen) atoms. The average molecular weight is 483 g/mol. The second-order valence-corrected chi connectivity index (χ2v) is 8.45. The first-order valence-electron chi connectivity index (χ1n) is 10.5. The summed E-state index contributed by atoms with van der Waals surface area (Å²) in [5.74, 6) is 0. The number of hydrogen-bond donors (Lipinski definition) is 0. The number of ether oxygens (including phenoxy) is 4. The largest absolute Gasteiger partial charge is 0.374 e.